The molecular formula is C10H14BrNO3S. The molecule has 0 aliphatic carbocycles. The second-order valence-electron chi connectivity index (χ2n) is 3.26. The quantitative estimate of drug-likeness (QED) is 0.867. The molecule has 0 bridgehead atoms. The standard InChI is InChI=1S/C10H14BrNO3S/c1-15-6-7-16(13,14)12-8-9-2-4-10(11)5-3-9/h2-5,12H,6-8H2,1H3. The first kappa shape index (κ1) is 13.6. The molecule has 0 amide bonds. The number of benzene rings is 1. The second-order valence-corrected chi connectivity index (χ2v) is 6.10. The maximum atomic E-state index is 11.4. The summed E-state index contributed by atoms with van der Waals surface area (Å²) in [5.74, 6) is -0.0139. The lowest BCUT2D eigenvalue weighted by Crippen LogP contribution is -2.27. The first-order valence-corrected chi connectivity index (χ1v) is 7.19. The minimum absolute atomic E-state index is 0.0139. The lowest BCUT2D eigenvalue weighted by molar-refractivity contribution is 0.217. The van der Waals surface area contributed by atoms with Gasteiger partial charge in [-0.2, -0.15) is 0 Å². The van der Waals surface area contributed by atoms with Crippen LogP contribution in [0.2, 0.25) is 0 Å². The fourth-order valence-electron chi connectivity index (χ4n) is 1.06. The van der Waals surface area contributed by atoms with E-state index in [1.54, 1.807) is 0 Å². The molecule has 0 aliphatic rings. The summed E-state index contributed by atoms with van der Waals surface area (Å²) in [6.07, 6.45) is 0. The predicted molar refractivity (Wildman–Crippen MR) is 66.6 cm³/mol. The molecule has 0 aromatic heterocycles. The highest BCUT2D eigenvalue weighted by Gasteiger charge is 2.08. The van der Waals surface area contributed by atoms with Crippen molar-refractivity contribution in [1.82, 2.24) is 4.72 Å². The summed E-state index contributed by atoms with van der Waals surface area (Å²) in [5.41, 5.74) is 0.921. The minimum atomic E-state index is -3.24. The summed E-state index contributed by atoms with van der Waals surface area (Å²) >= 11 is 3.32. The molecule has 0 saturated heterocycles. The first-order valence-electron chi connectivity index (χ1n) is 4.74. The third-order valence-corrected chi connectivity index (χ3v) is 3.78. The van der Waals surface area contributed by atoms with E-state index in [2.05, 4.69) is 20.7 Å². The van der Waals surface area contributed by atoms with E-state index in [4.69, 9.17) is 4.74 Å². The molecule has 0 aliphatic heterocycles. The van der Waals surface area contributed by atoms with Crippen molar-refractivity contribution in [1.29, 1.82) is 0 Å². The van der Waals surface area contributed by atoms with Crippen LogP contribution in [0.4, 0.5) is 0 Å². The number of sulfonamides is 1. The van der Waals surface area contributed by atoms with Crippen molar-refractivity contribution in [2.45, 2.75) is 6.54 Å². The van der Waals surface area contributed by atoms with Gasteiger partial charge in [-0.3, -0.25) is 0 Å². The van der Waals surface area contributed by atoms with Gasteiger partial charge in [0.2, 0.25) is 10.0 Å². The van der Waals surface area contributed by atoms with Gasteiger partial charge in [0, 0.05) is 18.1 Å². The summed E-state index contributed by atoms with van der Waals surface area (Å²) < 4.78 is 31.1. The van der Waals surface area contributed by atoms with Crippen LogP contribution in [0, 0.1) is 0 Å². The van der Waals surface area contributed by atoms with Crippen molar-refractivity contribution in [2.24, 2.45) is 0 Å². The highest BCUT2D eigenvalue weighted by atomic mass is 79.9. The highest BCUT2D eigenvalue weighted by molar-refractivity contribution is 9.10. The summed E-state index contributed by atoms with van der Waals surface area (Å²) in [4.78, 5) is 0. The Morgan fingerprint density at radius 2 is 1.94 bits per heavy atom. The topological polar surface area (TPSA) is 55.4 Å². The fraction of sp³-hybridized carbons (Fsp3) is 0.400. The van der Waals surface area contributed by atoms with Gasteiger partial charge >= 0.3 is 0 Å². The van der Waals surface area contributed by atoms with Crippen LogP contribution in [0.5, 0.6) is 0 Å². The van der Waals surface area contributed by atoms with Gasteiger partial charge in [-0.05, 0) is 17.7 Å². The molecule has 16 heavy (non-hydrogen) atoms. The fourth-order valence-corrected chi connectivity index (χ4v) is 2.24. The van der Waals surface area contributed by atoms with E-state index in [0.29, 0.717) is 6.54 Å². The zero-order valence-corrected chi connectivity index (χ0v) is 11.3. The van der Waals surface area contributed by atoms with Crippen LogP contribution >= 0.6 is 15.9 Å². The number of hydrogen-bond acceptors (Lipinski definition) is 3. The van der Waals surface area contributed by atoms with E-state index < -0.39 is 10.0 Å². The van der Waals surface area contributed by atoms with Crippen molar-refractivity contribution in [3.8, 4) is 0 Å². The third-order valence-electron chi connectivity index (χ3n) is 1.97. The summed E-state index contributed by atoms with van der Waals surface area (Å²) in [5, 5.41) is 0. The Bertz CT molecular complexity index is 416. The third kappa shape index (κ3) is 5.07. The molecule has 0 atom stereocenters. The van der Waals surface area contributed by atoms with Gasteiger partial charge in [-0.15, -0.1) is 0 Å². The van der Waals surface area contributed by atoms with Crippen LogP contribution in [0.3, 0.4) is 0 Å². The Morgan fingerprint density at radius 1 is 1.31 bits per heavy atom. The molecular weight excluding hydrogens is 294 g/mol. The van der Waals surface area contributed by atoms with Gasteiger partial charge < -0.3 is 4.74 Å². The highest BCUT2D eigenvalue weighted by Crippen LogP contribution is 2.10. The van der Waals surface area contributed by atoms with Crippen LogP contribution in [-0.4, -0.2) is 27.9 Å². The van der Waals surface area contributed by atoms with E-state index in [-0.39, 0.29) is 12.4 Å². The van der Waals surface area contributed by atoms with Gasteiger partial charge in [-0.25, -0.2) is 13.1 Å². The Morgan fingerprint density at radius 3 is 2.50 bits per heavy atom. The van der Waals surface area contributed by atoms with Crippen molar-refractivity contribution in [2.75, 3.05) is 19.5 Å². The van der Waals surface area contributed by atoms with E-state index in [1.165, 1.54) is 7.11 Å². The van der Waals surface area contributed by atoms with Crippen molar-refractivity contribution in [3.05, 3.63) is 34.3 Å². The second kappa shape index (κ2) is 6.34. The Hall–Kier alpha value is -0.430. The van der Waals surface area contributed by atoms with E-state index in [0.717, 1.165) is 10.0 Å². The van der Waals surface area contributed by atoms with Gasteiger partial charge in [0.15, 0.2) is 0 Å². The van der Waals surface area contributed by atoms with E-state index in [1.807, 2.05) is 24.3 Å². The molecule has 1 rings (SSSR count). The van der Waals surface area contributed by atoms with Gasteiger partial charge in [0.1, 0.15) is 0 Å². The lowest BCUT2D eigenvalue weighted by Gasteiger charge is -2.06. The summed E-state index contributed by atoms with van der Waals surface area (Å²) in [6.45, 7) is 0.509. The van der Waals surface area contributed by atoms with Gasteiger partial charge in [0.25, 0.3) is 0 Å². The van der Waals surface area contributed by atoms with Crippen LogP contribution < -0.4 is 4.72 Å². The molecule has 0 unspecified atom stereocenters. The summed E-state index contributed by atoms with van der Waals surface area (Å²) in [6, 6.07) is 7.48. The largest absolute Gasteiger partial charge is 0.384 e. The molecule has 0 saturated carbocycles. The maximum Gasteiger partial charge on any atom is 0.214 e. The maximum absolute atomic E-state index is 11.4. The first-order chi connectivity index (χ1) is 7.53. The predicted octanol–water partition coefficient (Wildman–Crippen LogP) is 1.51. The van der Waals surface area contributed by atoms with E-state index >= 15 is 0 Å². The molecule has 90 valence electrons. The van der Waals surface area contributed by atoms with Crippen molar-refractivity contribution in [3.63, 3.8) is 0 Å². The van der Waals surface area contributed by atoms with E-state index in [9.17, 15) is 8.42 Å². The van der Waals surface area contributed by atoms with Gasteiger partial charge in [-0.1, -0.05) is 28.1 Å². The number of methoxy groups -OCH3 is 1. The molecule has 1 N–H and O–H groups in total. The number of nitrogens with one attached hydrogen (secondary N) is 1. The number of halogens is 1. The molecule has 4 nitrogen and oxygen atoms in total. The van der Waals surface area contributed by atoms with Crippen LogP contribution in [0.15, 0.2) is 28.7 Å². The minimum Gasteiger partial charge on any atom is -0.384 e. The Kier molecular flexibility index (Phi) is 5.40. The molecule has 0 radical (unpaired) electrons. The van der Waals surface area contributed by atoms with Crippen LogP contribution in [0.25, 0.3) is 0 Å². The molecule has 0 heterocycles. The zero-order chi connectivity index (χ0) is 12.0. The molecule has 1 aromatic carbocycles. The average Bonchev–Trinajstić information content (AvgIpc) is 2.26. The van der Waals surface area contributed by atoms with Gasteiger partial charge in [0.05, 0.1) is 12.4 Å². The lowest BCUT2D eigenvalue weighted by atomic mass is 10.2. The normalized spacial score (nSPS) is 11.6. The molecule has 0 spiro atoms. The zero-order valence-electron chi connectivity index (χ0n) is 8.94. The van der Waals surface area contributed by atoms with Crippen LogP contribution in [0.1, 0.15) is 5.56 Å². The van der Waals surface area contributed by atoms with Crippen LogP contribution in [-0.2, 0) is 21.3 Å². The Balaban J connectivity index is 2.48. The monoisotopic (exact) mass is 307 g/mol. The molecule has 6 heteroatoms. The number of hydrogen-bond donors (Lipinski definition) is 1. The smallest absolute Gasteiger partial charge is 0.214 e. The molecule has 1 aromatic rings. The van der Waals surface area contributed by atoms with Crippen molar-refractivity contribution < 1.29 is 13.2 Å². The molecule has 0 fully saturated rings. The Labute approximate surface area is 104 Å². The SMILES string of the molecule is COCCS(=O)(=O)NCc1ccc(Br)cc1. The number of rotatable bonds is 6. The van der Waals surface area contributed by atoms with Crippen molar-refractivity contribution >= 4 is 26.0 Å². The summed E-state index contributed by atoms with van der Waals surface area (Å²) in [7, 11) is -1.76. The number of ether oxygens (including phenoxy) is 1. The average molecular weight is 308 g/mol.